The molecule has 1 amide bonds. The maximum absolute atomic E-state index is 14.7. The van der Waals surface area contributed by atoms with Crippen molar-refractivity contribution in [2.45, 2.75) is 38.3 Å². The molecule has 4 atom stereocenters. The van der Waals surface area contributed by atoms with Gasteiger partial charge in [-0.1, -0.05) is 62.7 Å². The molecule has 1 spiro atoms. The Balaban J connectivity index is 1.66. The number of para-hydroxylation sites is 1. The second kappa shape index (κ2) is 8.82. The molecule has 39 heavy (non-hydrogen) atoms. The monoisotopic (exact) mass is 540 g/mol. The lowest BCUT2D eigenvalue weighted by Gasteiger charge is -2.38. The number of nitrogens with zero attached hydrogens (tertiary/aromatic N) is 1. The first-order valence-corrected chi connectivity index (χ1v) is 13.4. The number of hydrogen-bond donors (Lipinski definition) is 1. The third-order valence-corrected chi connectivity index (χ3v) is 8.49. The van der Waals surface area contributed by atoms with Crippen LogP contribution in [0.3, 0.4) is 0 Å². The molecule has 6 rings (SSSR count). The summed E-state index contributed by atoms with van der Waals surface area (Å²) in [6, 6.07) is 18.4. The molecule has 0 aliphatic carbocycles. The van der Waals surface area contributed by atoms with Crippen LogP contribution in [0.4, 0.5) is 11.4 Å². The Morgan fingerprint density at radius 2 is 1.74 bits per heavy atom. The van der Waals surface area contributed by atoms with Crippen LogP contribution in [0.15, 0.2) is 72.8 Å². The smallest absolute Gasteiger partial charge is 0.238 e. The van der Waals surface area contributed by atoms with Gasteiger partial charge in [0.1, 0.15) is 17.2 Å². The van der Waals surface area contributed by atoms with Crippen LogP contribution < -0.4 is 15.0 Å². The molecule has 1 saturated heterocycles. The van der Waals surface area contributed by atoms with Crippen LogP contribution in [0, 0.1) is 11.3 Å². The number of hydrogen-bond acceptors (Lipinski definition) is 5. The third-order valence-electron chi connectivity index (χ3n) is 8.26. The van der Waals surface area contributed by atoms with Crippen molar-refractivity contribution in [1.82, 2.24) is 0 Å². The number of fused-ring (bicyclic) bond motifs is 6. The number of rotatable bonds is 4. The summed E-state index contributed by atoms with van der Waals surface area (Å²) in [7, 11) is 1.56. The Morgan fingerprint density at radius 1 is 1.03 bits per heavy atom. The largest absolute Gasteiger partial charge is 0.497 e. The predicted molar refractivity (Wildman–Crippen MR) is 153 cm³/mol. The van der Waals surface area contributed by atoms with Crippen molar-refractivity contribution < 1.29 is 19.1 Å². The molecule has 0 unspecified atom stereocenters. The Hall–Kier alpha value is -3.90. The lowest BCUT2D eigenvalue weighted by Crippen LogP contribution is -2.51. The number of benzene rings is 3. The molecule has 0 radical (unpaired) electrons. The topological polar surface area (TPSA) is 75.7 Å². The van der Waals surface area contributed by atoms with E-state index in [1.807, 2.05) is 74.2 Å². The van der Waals surface area contributed by atoms with Crippen LogP contribution in [-0.2, 0) is 15.0 Å². The van der Waals surface area contributed by atoms with Crippen molar-refractivity contribution in [3.63, 3.8) is 0 Å². The second-order valence-corrected chi connectivity index (χ2v) is 11.8. The van der Waals surface area contributed by atoms with E-state index in [9.17, 15) is 14.4 Å². The van der Waals surface area contributed by atoms with Crippen LogP contribution in [-0.4, -0.2) is 36.7 Å². The number of Topliss-reactive ketones (excluding diaryl/α,β-unsaturated/α-hetero) is 2. The highest BCUT2D eigenvalue weighted by Crippen LogP contribution is 2.58. The number of carbonyl (C=O) groups excluding carboxylic acids is 3. The molecule has 0 saturated carbocycles. The lowest BCUT2D eigenvalue weighted by molar-refractivity contribution is -0.128. The van der Waals surface area contributed by atoms with E-state index < -0.39 is 28.8 Å². The summed E-state index contributed by atoms with van der Waals surface area (Å²) < 4.78 is 5.30. The highest BCUT2D eigenvalue weighted by Gasteiger charge is 2.70. The second-order valence-electron chi connectivity index (χ2n) is 11.4. The van der Waals surface area contributed by atoms with Gasteiger partial charge in [0, 0.05) is 27.4 Å². The number of amides is 1. The van der Waals surface area contributed by atoms with Crippen LogP contribution in [0.2, 0.25) is 5.02 Å². The van der Waals surface area contributed by atoms with Gasteiger partial charge in [-0.15, -0.1) is 0 Å². The molecule has 3 heterocycles. The van der Waals surface area contributed by atoms with Gasteiger partial charge in [-0.3, -0.25) is 14.4 Å². The zero-order valence-corrected chi connectivity index (χ0v) is 23.0. The predicted octanol–water partition coefficient (Wildman–Crippen LogP) is 5.94. The Labute approximate surface area is 232 Å². The minimum atomic E-state index is -1.33. The van der Waals surface area contributed by atoms with Crippen molar-refractivity contribution in [1.29, 1.82) is 0 Å². The maximum atomic E-state index is 14.7. The zero-order chi connectivity index (χ0) is 27.7. The van der Waals surface area contributed by atoms with E-state index in [1.165, 1.54) is 0 Å². The number of anilines is 2. The number of carbonyl (C=O) groups is 3. The summed E-state index contributed by atoms with van der Waals surface area (Å²) in [5.41, 5.74) is 1.32. The van der Waals surface area contributed by atoms with Crippen LogP contribution in [0.1, 0.15) is 42.3 Å². The molecular formula is C32H29ClN2O4. The van der Waals surface area contributed by atoms with Gasteiger partial charge in [0.2, 0.25) is 5.91 Å². The van der Waals surface area contributed by atoms with Crippen molar-refractivity contribution >= 4 is 46.5 Å². The fourth-order valence-electron chi connectivity index (χ4n) is 6.53. The van der Waals surface area contributed by atoms with E-state index in [2.05, 4.69) is 5.32 Å². The molecule has 198 valence electrons. The SMILES string of the molecule is COc1ccc(C(=O)[C@@H]2[C@H](C(=O)C(C)(C)C)N3c4ccc(Cl)cc4C=C[C@H]3[C@]23C(=O)Nc2ccccc23)cc1. The quantitative estimate of drug-likeness (QED) is 0.415. The number of ether oxygens (including phenoxy) is 1. The number of ketones is 2. The average Bonchev–Trinajstić information content (AvgIpc) is 3.39. The molecule has 1 N–H and O–H groups in total. The first-order chi connectivity index (χ1) is 18.6. The Bertz CT molecular complexity index is 1560. The number of methoxy groups -OCH3 is 1. The minimum Gasteiger partial charge on any atom is -0.497 e. The summed E-state index contributed by atoms with van der Waals surface area (Å²) in [4.78, 5) is 45.3. The fraction of sp³-hybridized carbons (Fsp3) is 0.281. The lowest BCUT2D eigenvalue weighted by atomic mass is 9.63. The molecule has 3 aliphatic rings. The molecular weight excluding hydrogens is 512 g/mol. The van der Waals surface area contributed by atoms with E-state index in [0.717, 1.165) is 16.8 Å². The number of nitrogens with one attached hydrogen (secondary N) is 1. The van der Waals surface area contributed by atoms with Crippen molar-refractivity contribution in [3.8, 4) is 5.75 Å². The van der Waals surface area contributed by atoms with Gasteiger partial charge >= 0.3 is 0 Å². The van der Waals surface area contributed by atoms with E-state index >= 15 is 0 Å². The summed E-state index contributed by atoms with van der Waals surface area (Å²) in [6.07, 6.45) is 3.89. The Kier molecular flexibility index (Phi) is 5.74. The molecule has 3 aliphatic heterocycles. The van der Waals surface area contributed by atoms with E-state index in [4.69, 9.17) is 16.3 Å². The summed E-state index contributed by atoms with van der Waals surface area (Å²) in [6.45, 7) is 5.57. The number of halogens is 1. The normalized spacial score (nSPS) is 24.7. The molecule has 7 heteroatoms. The van der Waals surface area contributed by atoms with Crippen LogP contribution in [0.25, 0.3) is 6.08 Å². The Morgan fingerprint density at radius 3 is 2.44 bits per heavy atom. The zero-order valence-electron chi connectivity index (χ0n) is 22.2. The maximum Gasteiger partial charge on any atom is 0.238 e. The first-order valence-electron chi connectivity index (χ1n) is 13.0. The molecule has 6 nitrogen and oxygen atoms in total. The van der Waals surface area contributed by atoms with Crippen molar-refractivity contribution in [2.75, 3.05) is 17.3 Å². The molecule has 0 aromatic heterocycles. The van der Waals surface area contributed by atoms with Gasteiger partial charge in [-0.05, 0) is 59.7 Å². The van der Waals surface area contributed by atoms with Crippen LogP contribution in [0.5, 0.6) is 5.75 Å². The van der Waals surface area contributed by atoms with E-state index in [0.29, 0.717) is 22.0 Å². The van der Waals surface area contributed by atoms with Gasteiger partial charge in [0.05, 0.1) is 19.1 Å². The van der Waals surface area contributed by atoms with Crippen LogP contribution >= 0.6 is 11.6 Å². The summed E-state index contributed by atoms with van der Waals surface area (Å²) in [5, 5.41) is 3.61. The summed E-state index contributed by atoms with van der Waals surface area (Å²) >= 11 is 6.34. The highest BCUT2D eigenvalue weighted by atomic mass is 35.5. The van der Waals surface area contributed by atoms with Gasteiger partial charge in [0.15, 0.2) is 11.6 Å². The third kappa shape index (κ3) is 3.58. The molecule has 1 fully saturated rings. The van der Waals surface area contributed by atoms with Gasteiger partial charge in [-0.2, -0.15) is 0 Å². The van der Waals surface area contributed by atoms with Gasteiger partial charge in [-0.25, -0.2) is 0 Å². The van der Waals surface area contributed by atoms with E-state index in [1.54, 1.807) is 37.4 Å². The molecule has 3 aromatic carbocycles. The first kappa shape index (κ1) is 25.4. The standard InChI is InChI=1S/C32H29ClN2O4/c1-31(2,3)29(37)27-26(28(36)18-9-13-21(39-4)14-10-18)32(22-7-5-6-8-23(22)34-30(32)38)25-16-11-19-17-20(33)12-15-24(19)35(25)27/h5-17,25-27H,1-4H3,(H,34,38)/t25-,26-,27+,32-/m0/s1. The fourth-order valence-corrected chi connectivity index (χ4v) is 6.71. The molecule has 0 bridgehead atoms. The van der Waals surface area contributed by atoms with Crippen molar-refractivity contribution in [2.24, 2.45) is 11.3 Å². The molecule has 3 aromatic rings. The highest BCUT2D eigenvalue weighted by molar-refractivity contribution is 6.31. The van der Waals surface area contributed by atoms with Gasteiger partial charge in [0.25, 0.3) is 0 Å². The average molecular weight is 541 g/mol. The minimum absolute atomic E-state index is 0.107. The summed E-state index contributed by atoms with van der Waals surface area (Å²) in [5.74, 6) is -1.02. The van der Waals surface area contributed by atoms with Crippen molar-refractivity contribution in [3.05, 3.63) is 94.5 Å². The van der Waals surface area contributed by atoms with Gasteiger partial charge < -0.3 is 15.0 Å². The van der Waals surface area contributed by atoms with E-state index in [-0.39, 0.29) is 17.5 Å².